The highest BCUT2D eigenvalue weighted by Crippen LogP contribution is 2.41. The molecule has 33 heavy (non-hydrogen) atoms. The van der Waals surface area contributed by atoms with Gasteiger partial charge in [-0.2, -0.15) is 39.5 Å². The predicted molar refractivity (Wildman–Crippen MR) is 97.7 cm³/mol. The molecule has 2 aromatic rings. The highest BCUT2D eigenvalue weighted by atomic mass is 35.5. The van der Waals surface area contributed by atoms with Crippen molar-refractivity contribution in [2.75, 3.05) is 0 Å². The van der Waals surface area contributed by atoms with E-state index < -0.39 is 69.9 Å². The summed E-state index contributed by atoms with van der Waals surface area (Å²) in [5.74, 6) is -2.31. The van der Waals surface area contributed by atoms with Crippen LogP contribution in [0.1, 0.15) is 45.6 Å². The summed E-state index contributed by atoms with van der Waals surface area (Å²) in [4.78, 5) is 17.7. The fourth-order valence-electron chi connectivity index (χ4n) is 3.19. The minimum atomic E-state index is -5.11. The smallest absolute Gasteiger partial charge is 0.387 e. The number of nitrogens with zero attached hydrogens (tertiary/aromatic N) is 1. The van der Waals surface area contributed by atoms with E-state index in [0.29, 0.717) is 24.3 Å². The monoisotopic (exact) mass is 503 g/mol. The molecule has 0 bridgehead atoms. The molecule has 0 aliphatic carbocycles. The molecule has 0 saturated heterocycles. The Hall–Kier alpha value is -2.76. The van der Waals surface area contributed by atoms with E-state index in [4.69, 9.17) is 16.4 Å². The Morgan fingerprint density at radius 1 is 0.848 bits per heavy atom. The van der Waals surface area contributed by atoms with Crippen LogP contribution in [0.3, 0.4) is 0 Å². The molecule has 0 spiro atoms. The predicted octanol–water partition coefficient (Wildman–Crippen LogP) is 7.34. The number of rotatable bonds is 3. The van der Waals surface area contributed by atoms with E-state index in [1.54, 1.807) is 0 Å². The molecule has 0 N–H and O–H groups in total. The van der Waals surface area contributed by atoms with Crippen LogP contribution in [0.4, 0.5) is 39.5 Å². The van der Waals surface area contributed by atoms with Crippen LogP contribution >= 0.6 is 11.6 Å². The Kier molecular flexibility index (Phi) is 6.20. The van der Waals surface area contributed by atoms with Crippen LogP contribution in [0.5, 0.6) is 0 Å². The summed E-state index contributed by atoms with van der Waals surface area (Å²) < 4.78 is 118. The van der Waals surface area contributed by atoms with E-state index in [2.05, 4.69) is 5.16 Å². The van der Waals surface area contributed by atoms with Crippen molar-refractivity contribution in [3.05, 3.63) is 69.2 Å². The molecule has 1 heterocycles. The van der Waals surface area contributed by atoms with Gasteiger partial charge in [-0.05, 0) is 42.0 Å². The van der Waals surface area contributed by atoms with Gasteiger partial charge in [-0.3, -0.25) is 4.79 Å². The second kappa shape index (κ2) is 8.23. The van der Waals surface area contributed by atoms with Gasteiger partial charge in [0.1, 0.15) is 5.71 Å². The van der Waals surface area contributed by atoms with Crippen molar-refractivity contribution in [3.8, 4) is 0 Å². The van der Waals surface area contributed by atoms with Crippen molar-refractivity contribution >= 4 is 23.1 Å². The van der Waals surface area contributed by atoms with Gasteiger partial charge < -0.3 is 4.84 Å². The second-order valence-corrected chi connectivity index (χ2v) is 7.56. The molecule has 2 atom stereocenters. The quantitative estimate of drug-likeness (QED) is 0.325. The molecule has 2 unspecified atom stereocenters. The van der Waals surface area contributed by atoms with E-state index >= 15 is 0 Å². The molecular formula is C20H11ClF9NO2. The summed E-state index contributed by atoms with van der Waals surface area (Å²) in [5, 5.41) is 3.08. The van der Waals surface area contributed by atoms with Crippen LogP contribution in [-0.2, 0) is 23.4 Å². The van der Waals surface area contributed by atoms with E-state index in [1.807, 2.05) is 0 Å². The normalized spacial score (nSPS) is 19.3. The maximum atomic E-state index is 13.1. The van der Waals surface area contributed by atoms with E-state index in [9.17, 15) is 44.3 Å². The fourth-order valence-corrected chi connectivity index (χ4v) is 3.39. The second-order valence-electron chi connectivity index (χ2n) is 7.15. The number of alkyl halides is 9. The molecule has 1 aliphatic heterocycles. The van der Waals surface area contributed by atoms with Crippen molar-refractivity contribution in [2.24, 2.45) is 11.1 Å². The van der Waals surface area contributed by atoms with Crippen LogP contribution in [-0.4, -0.2) is 11.5 Å². The van der Waals surface area contributed by atoms with Gasteiger partial charge in [0.05, 0.1) is 21.7 Å². The van der Waals surface area contributed by atoms with E-state index in [1.165, 1.54) is 6.92 Å². The standard InChI is InChI=1S/C20H11ClF9NO2/c1-8-15(16(32)13-7-10(18(22,23)24)2-3-14(13)21)31-33-17(8)9-4-11(19(25,26)27)6-12(5-9)20(28,29)30/h2-8,17H,1H3. The number of oxime groups is 1. The van der Waals surface area contributed by atoms with Crippen LogP contribution in [0.2, 0.25) is 5.02 Å². The van der Waals surface area contributed by atoms with Crippen molar-refractivity contribution in [1.29, 1.82) is 0 Å². The third-order valence-electron chi connectivity index (χ3n) is 4.86. The summed E-state index contributed by atoms with van der Waals surface area (Å²) in [5.41, 5.74) is -6.04. The number of hydrogen-bond donors (Lipinski definition) is 0. The Morgan fingerprint density at radius 2 is 1.36 bits per heavy atom. The largest absolute Gasteiger partial charge is 0.416 e. The lowest BCUT2D eigenvalue weighted by Gasteiger charge is -2.19. The molecule has 1 aliphatic rings. The summed E-state index contributed by atoms with van der Waals surface area (Å²) in [7, 11) is 0. The summed E-state index contributed by atoms with van der Waals surface area (Å²) in [6, 6.07) is 2.73. The summed E-state index contributed by atoms with van der Waals surface area (Å²) in [6.07, 6.45) is -16.5. The Balaban J connectivity index is 1.98. The SMILES string of the molecule is CC1C(C(=O)c2cc(C(F)(F)F)ccc2Cl)=NOC1c1cc(C(F)(F)F)cc(C(F)(F)F)c1. The maximum Gasteiger partial charge on any atom is 0.416 e. The first-order valence-corrected chi connectivity index (χ1v) is 9.32. The van der Waals surface area contributed by atoms with Crippen LogP contribution < -0.4 is 0 Å². The number of Topliss-reactive ketones (excluding diaryl/α,β-unsaturated/α-hetero) is 1. The lowest BCUT2D eigenvalue weighted by Crippen LogP contribution is -2.23. The zero-order valence-electron chi connectivity index (χ0n) is 16.2. The van der Waals surface area contributed by atoms with Crippen molar-refractivity contribution in [2.45, 2.75) is 31.6 Å². The number of ketones is 1. The molecule has 3 nitrogen and oxygen atoms in total. The van der Waals surface area contributed by atoms with Crippen LogP contribution in [0, 0.1) is 5.92 Å². The number of halogens is 10. The molecule has 13 heteroatoms. The first-order chi connectivity index (χ1) is 15.0. The first kappa shape index (κ1) is 24.9. The molecule has 3 rings (SSSR count). The third kappa shape index (κ3) is 5.10. The Labute approximate surface area is 184 Å². The average Bonchev–Trinajstić information content (AvgIpc) is 3.06. The highest BCUT2D eigenvalue weighted by Gasteiger charge is 2.42. The van der Waals surface area contributed by atoms with Gasteiger partial charge in [0.2, 0.25) is 5.78 Å². The van der Waals surface area contributed by atoms with Gasteiger partial charge in [0, 0.05) is 11.5 Å². The summed E-state index contributed by atoms with van der Waals surface area (Å²) in [6.45, 7) is 1.23. The number of carbonyl (C=O) groups is 1. The van der Waals surface area contributed by atoms with Crippen LogP contribution in [0.15, 0.2) is 41.6 Å². The van der Waals surface area contributed by atoms with Gasteiger partial charge in [-0.1, -0.05) is 23.7 Å². The molecule has 0 saturated carbocycles. The Bertz CT molecular complexity index is 1090. The van der Waals surface area contributed by atoms with Gasteiger partial charge in [0.25, 0.3) is 0 Å². The third-order valence-corrected chi connectivity index (χ3v) is 5.19. The first-order valence-electron chi connectivity index (χ1n) is 8.94. The minimum absolute atomic E-state index is 0.0710. The van der Waals surface area contributed by atoms with Crippen molar-refractivity contribution in [3.63, 3.8) is 0 Å². The van der Waals surface area contributed by atoms with E-state index in [0.717, 1.165) is 6.07 Å². The lowest BCUT2D eigenvalue weighted by molar-refractivity contribution is -0.143. The average molecular weight is 504 g/mol. The zero-order chi connectivity index (χ0) is 24.9. The number of benzene rings is 2. The molecule has 0 amide bonds. The van der Waals surface area contributed by atoms with E-state index in [-0.39, 0.29) is 11.1 Å². The molecule has 0 fully saturated rings. The van der Waals surface area contributed by atoms with Gasteiger partial charge in [-0.25, -0.2) is 0 Å². The topological polar surface area (TPSA) is 38.7 Å². The fraction of sp³-hybridized carbons (Fsp3) is 0.300. The van der Waals surface area contributed by atoms with Crippen molar-refractivity contribution < 1.29 is 49.1 Å². The van der Waals surface area contributed by atoms with Gasteiger partial charge in [-0.15, -0.1) is 0 Å². The molecule has 0 radical (unpaired) electrons. The van der Waals surface area contributed by atoms with Crippen molar-refractivity contribution in [1.82, 2.24) is 0 Å². The molecule has 2 aromatic carbocycles. The number of hydrogen-bond acceptors (Lipinski definition) is 3. The number of carbonyl (C=O) groups excluding carboxylic acids is 1. The zero-order valence-corrected chi connectivity index (χ0v) is 16.9. The van der Waals surface area contributed by atoms with Crippen LogP contribution in [0.25, 0.3) is 0 Å². The minimum Gasteiger partial charge on any atom is -0.387 e. The Morgan fingerprint density at radius 3 is 1.85 bits per heavy atom. The highest BCUT2D eigenvalue weighted by molar-refractivity contribution is 6.50. The molecule has 178 valence electrons. The summed E-state index contributed by atoms with van der Waals surface area (Å²) >= 11 is 5.83. The van der Waals surface area contributed by atoms with Gasteiger partial charge in [0.15, 0.2) is 6.10 Å². The van der Waals surface area contributed by atoms with Gasteiger partial charge >= 0.3 is 18.5 Å². The molecule has 0 aromatic heterocycles. The lowest BCUT2D eigenvalue weighted by atomic mass is 9.88. The maximum absolute atomic E-state index is 13.1. The molecular weight excluding hydrogens is 493 g/mol.